The summed E-state index contributed by atoms with van der Waals surface area (Å²) in [7, 11) is 0. The normalized spacial score (nSPS) is 15.9. The second kappa shape index (κ2) is 7.75. The van der Waals surface area contributed by atoms with Crippen molar-refractivity contribution in [2.24, 2.45) is 5.92 Å². The van der Waals surface area contributed by atoms with E-state index in [-0.39, 0.29) is 23.8 Å². The van der Waals surface area contributed by atoms with Crippen LogP contribution in [0.15, 0.2) is 42.7 Å². The summed E-state index contributed by atoms with van der Waals surface area (Å²) in [6.45, 7) is 4.02. The van der Waals surface area contributed by atoms with Crippen molar-refractivity contribution in [2.45, 2.75) is 45.2 Å². The highest BCUT2D eigenvalue weighted by Gasteiger charge is 2.31. The molecule has 2 aromatic heterocycles. The average Bonchev–Trinajstić information content (AvgIpc) is 3.19. The number of fused-ring (bicyclic) bond motifs is 1. The summed E-state index contributed by atoms with van der Waals surface area (Å²) in [5.74, 6) is -0.247. The van der Waals surface area contributed by atoms with Crippen molar-refractivity contribution >= 4 is 33.4 Å². The molecule has 2 heterocycles. The van der Waals surface area contributed by atoms with E-state index in [2.05, 4.69) is 15.6 Å². The third-order valence-electron chi connectivity index (χ3n) is 5.17. The molecule has 146 valence electrons. The maximum atomic E-state index is 12.8. The standard InChI is InChI=1S/C21H24N4O2S/c1-3-13(2)18(20(27)22-15-7-8-15)24-19(26)14-6-9-16-17(12-14)28-21(23-16)25-10-4-5-11-25/h4-6,9-13,15,18H,3,7-8H2,1-2H3,(H,22,27)(H,24,26)/t13-,18-/m0/s1. The number of amides is 2. The molecular formula is C21H24N4O2S. The Labute approximate surface area is 168 Å². The van der Waals surface area contributed by atoms with E-state index >= 15 is 0 Å². The van der Waals surface area contributed by atoms with Crippen molar-refractivity contribution in [3.05, 3.63) is 48.3 Å². The molecule has 1 aliphatic rings. The molecule has 0 saturated heterocycles. The maximum absolute atomic E-state index is 12.8. The third kappa shape index (κ3) is 3.94. The second-order valence-corrected chi connectivity index (χ2v) is 8.40. The molecule has 4 rings (SSSR count). The van der Waals surface area contributed by atoms with E-state index in [1.165, 1.54) is 11.3 Å². The maximum Gasteiger partial charge on any atom is 0.251 e. The number of thiazole rings is 1. The fourth-order valence-corrected chi connectivity index (χ4v) is 4.04. The molecule has 0 radical (unpaired) electrons. The predicted molar refractivity (Wildman–Crippen MR) is 111 cm³/mol. The van der Waals surface area contributed by atoms with Crippen LogP contribution in [0.3, 0.4) is 0 Å². The Hall–Kier alpha value is -2.67. The molecule has 2 N–H and O–H groups in total. The van der Waals surface area contributed by atoms with E-state index in [4.69, 9.17) is 0 Å². The molecule has 2 amide bonds. The van der Waals surface area contributed by atoms with Crippen molar-refractivity contribution in [2.75, 3.05) is 0 Å². The van der Waals surface area contributed by atoms with Crippen LogP contribution >= 0.6 is 11.3 Å². The number of nitrogens with zero attached hydrogens (tertiary/aromatic N) is 2. The molecular weight excluding hydrogens is 372 g/mol. The van der Waals surface area contributed by atoms with E-state index in [1.807, 2.05) is 55.1 Å². The van der Waals surface area contributed by atoms with Crippen LogP contribution in [0, 0.1) is 5.92 Å². The van der Waals surface area contributed by atoms with Crippen molar-refractivity contribution in [1.29, 1.82) is 0 Å². The number of nitrogens with one attached hydrogen (secondary N) is 2. The van der Waals surface area contributed by atoms with E-state index in [0.717, 1.165) is 34.6 Å². The van der Waals surface area contributed by atoms with Gasteiger partial charge in [-0.3, -0.25) is 9.59 Å². The van der Waals surface area contributed by atoms with Crippen LogP contribution in [0.4, 0.5) is 0 Å². The summed E-state index contributed by atoms with van der Waals surface area (Å²) in [5.41, 5.74) is 1.40. The molecule has 1 aliphatic carbocycles. The molecule has 28 heavy (non-hydrogen) atoms. The van der Waals surface area contributed by atoms with Gasteiger partial charge in [-0.05, 0) is 49.1 Å². The van der Waals surface area contributed by atoms with Crippen molar-refractivity contribution in [3.8, 4) is 5.13 Å². The van der Waals surface area contributed by atoms with Crippen LogP contribution < -0.4 is 10.6 Å². The Morgan fingerprint density at radius 1 is 1.29 bits per heavy atom. The summed E-state index contributed by atoms with van der Waals surface area (Å²) in [6.07, 6.45) is 6.76. The summed E-state index contributed by atoms with van der Waals surface area (Å²) < 4.78 is 2.89. The fraction of sp³-hybridized carbons (Fsp3) is 0.381. The van der Waals surface area contributed by atoms with Crippen molar-refractivity contribution in [1.82, 2.24) is 20.2 Å². The van der Waals surface area contributed by atoms with Crippen LogP contribution in [-0.2, 0) is 4.79 Å². The molecule has 1 fully saturated rings. The van der Waals surface area contributed by atoms with Gasteiger partial charge in [0.05, 0.1) is 10.2 Å². The van der Waals surface area contributed by atoms with Gasteiger partial charge in [-0.15, -0.1) is 0 Å². The topological polar surface area (TPSA) is 76.0 Å². The highest BCUT2D eigenvalue weighted by molar-refractivity contribution is 7.20. The van der Waals surface area contributed by atoms with Gasteiger partial charge < -0.3 is 15.2 Å². The first-order chi connectivity index (χ1) is 13.5. The number of carbonyl (C=O) groups is 2. The first-order valence-electron chi connectivity index (χ1n) is 9.70. The van der Waals surface area contributed by atoms with Gasteiger partial charge in [-0.2, -0.15) is 0 Å². The minimum Gasteiger partial charge on any atom is -0.352 e. The summed E-state index contributed by atoms with van der Waals surface area (Å²) >= 11 is 1.53. The number of hydrogen-bond acceptors (Lipinski definition) is 4. The fourth-order valence-electron chi connectivity index (χ4n) is 3.07. The van der Waals surface area contributed by atoms with Crippen molar-refractivity contribution < 1.29 is 9.59 Å². The zero-order chi connectivity index (χ0) is 19.7. The monoisotopic (exact) mass is 396 g/mol. The van der Waals surface area contributed by atoms with Crippen LogP contribution in [0.1, 0.15) is 43.5 Å². The molecule has 2 atom stereocenters. The van der Waals surface area contributed by atoms with E-state index < -0.39 is 6.04 Å². The minimum atomic E-state index is -0.523. The SMILES string of the molecule is CC[C@H](C)[C@H](NC(=O)c1ccc2nc(-n3cccc3)sc2c1)C(=O)NC1CC1. The zero-order valence-corrected chi connectivity index (χ0v) is 16.8. The highest BCUT2D eigenvalue weighted by Crippen LogP contribution is 2.26. The van der Waals surface area contributed by atoms with E-state index in [9.17, 15) is 9.59 Å². The van der Waals surface area contributed by atoms with Crippen LogP contribution in [0.2, 0.25) is 0 Å². The van der Waals surface area contributed by atoms with Crippen molar-refractivity contribution in [3.63, 3.8) is 0 Å². The van der Waals surface area contributed by atoms with Gasteiger partial charge in [0, 0.05) is 24.0 Å². The van der Waals surface area contributed by atoms with Gasteiger partial charge >= 0.3 is 0 Å². The molecule has 7 heteroatoms. The lowest BCUT2D eigenvalue weighted by Crippen LogP contribution is -2.50. The largest absolute Gasteiger partial charge is 0.352 e. The van der Waals surface area contributed by atoms with Gasteiger partial charge in [-0.25, -0.2) is 4.98 Å². The average molecular weight is 397 g/mol. The molecule has 3 aromatic rings. The lowest BCUT2D eigenvalue weighted by atomic mass is 9.97. The molecule has 0 unspecified atom stereocenters. The van der Waals surface area contributed by atoms with Gasteiger partial charge in [0.15, 0.2) is 5.13 Å². The van der Waals surface area contributed by atoms with Gasteiger partial charge in [-0.1, -0.05) is 31.6 Å². The van der Waals surface area contributed by atoms with Crippen LogP contribution in [-0.4, -0.2) is 33.4 Å². The Bertz CT molecular complexity index is 991. The molecule has 6 nitrogen and oxygen atoms in total. The highest BCUT2D eigenvalue weighted by atomic mass is 32.1. The predicted octanol–water partition coefficient (Wildman–Crippen LogP) is 3.51. The third-order valence-corrected chi connectivity index (χ3v) is 6.20. The molecule has 0 bridgehead atoms. The summed E-state index contributed by atoms with van der Waals surface area (Å²) in [5, 5.41) is 6.81. The second-order valence-electron chi connectivity index (χ2n) is 7.39. The summed E-state index contributed by atoms with van der Waals surface area (Å²) in [6, 6.07) is 9.13. The number of hydrogen-bond donors (Lipinski definition) is 2. The Balaban J connectivity index is 1.53. The first-order valence-corrected chi connectivity index (χ1v) is 10.5. The summed E-state index contributed by atoms with van der Waals surface area (Å²) in [4.78, 5) is 30.0. The van der Waals surface area contributed by atoms with Crippen LogP contribution in [0.25, 0.3) is 15.3 Å². The number of carbonyl (C=O) groups excluding carboxylic acids is 2. The van der Waals surface area contributed by atoms with Crippen LogP contribution in [0.5, 0.6) is 0 Å². The number of aromatic nitrogens is 2. The van der Waals surface area contributed by atoms with Gasteiger partial charge in [0.25, 0.3) is 5.91 Å². The first kappa shape index (κ1) is 18.7. The molecule has 0 aliphatic heterocycles. The molecule has 1 aromatic carbocycles. The Morgan fingerprint density at radius 2 is 2.04 bits per heavy atom. The quantitative estimate of drug-likeness (QED) is 0.642. The lowest BCUT2D eigenvalue weighted by Gasteiger charge is -2.23. The Kier molecular flexibility index (Phi) is 5.17. The minimum absolute atomic E-state index is 0.0650. The zero-order valence-electron chi connectivity index (χ0n) is 16.0. The van der Waals surface area contributed by atoms with Gasteiger partial charge in [0.1, 0.15) is 6.04 Å². The number of rotatable bonds is 7. The molecule has 1 saturated carbocycles. The van der Waals surface area contributed by atoms with E-state index in [1.54, 1.807) is 6.07 Å². The number of benzene rings is 1. The van der Waals surface area contributed by atoms with E-state index in [0.29, 0.717) is 5.56 Å². The van der Waals surface area contributed by atoms with Gasteiger partial charge in [0.2, 0.25) is 5.91 Å². The molecule has 0 spiro atoms. The Morgan fingerprint density at radius 3 is 2.71 bits per heavy atom. The smallest absolute Gasteiger partial charge is 0.251 e. The lowest BCUT2D eigenvalue weighted by molar-refractivity contribution is -0.124.